The van der Waals surface area contributed by atoms with Crippen molar-refractivity contribution in [2.24, 2.45) is 5.73 Å². The molecule has 320 valence electrons. The first kappa shape index (κ1) is 52.8. The average Bonchev–Trinajstić information content (AvgIpc) is 3.13. The van der Waals surface area contributed by atoms with E-state index in [1.165, 1.54) is 108 Å². The lowest BCUT2D eigenvalue weighted by Gasteiger charge is -2.20. The topological polar surface area (TPSA) is 181 Å². The summed E-state index contributed by atoms with van der Waals surface area (Å²) in [5.74, 6) is 0.191. The van der Waals surface area contributed by atoms with Crippen molar-refractivity contribution in [1.29, 1.82) is 0 Å². The van der Waals surface area contributed by atoms with Crippen LogP contribution in [0, 0.1) is 0 Å². The molecule has 0 aromatic heterocycles. The Bertz CT molecular complexity index is 961. The monoisotopic (exact) mass is 809 g/mol. The second-order valence-corrected chi connectivity index (χ2v) is 17.9. The molecule has 0 aliphatic heterocycles. The van der Waals surface area contributed by atoms with Crippen LogP contribution in [0.15, 0.2) is 0 Å². The van der Waals surface area contributed by atoms with Crippen molar-refractivity contribution in [2.45, 2.75) is 167 Å². The summed E-state index contributed by atoms with van der Waals surface area (Å²) in [7, 11) is -3.08. The molecule has 7 N–H and O–H groups in total. The van der Waals surface area contributed by atoms with E-state index in [1.54, 1.807) is 6.92 Å². The van der Waals surface area contributed by atoms with E-state index in [0.717, 1.165) is 25.7 Å². The lowest BCUT2D eigenvalue weighted by atomic mass is 10.1. The number of amides is 3. The van der Waals surface area contributed by atoms with Gasteiger partial charge in [0.1, 0.15) is 13.4 Å². The van der Waals surface area contributed by atoms with Gasteiger partial charge in [-0.3, -0.25) is 14.4 Å². The molecule has 0 fully saturated rings. The molecule has 0 aliphatic rings. The molecule has 0 aliphatic carbocycles. The normalized spacial score (nSPS) is 13.4. The lowest BCUT2D eigenvalue weighted by Crippen LogP contribution is -2.51. The molecule has 0 saturated carbocycles. The second-order valence-electron chi connectivity index (χ2n) is 14.6. The van der Waals surface area contributed by atoms with E-state index >= 15 is 0 Å². The predicted octanol–water partition coefficient (Wildman–Crippen LogP) is 6.31. The molecule has 3 amide bonds. The van der Waals surface area contributed by atoms with Gasteiger partial charge in [0, 0.05) is 37.2 Å². The van der Waals surface area contributed by atoms with Gasteiger partial charge in [0.15, 0.2) is 0 Å². The first-order valence-corrected chi connectivity index (χ1v) is 24.3. The zero-order valence-electron chi connectivity index (χ0n) is 34.4. The molecular formula is C40H81N4O8PS. The predicted molar refractivity (Wildman–Crippen MR) is 227 cm³/mol. The van der Waals surface area contributed by atoms with E-state index in [-0.39, 0.29) is 50.4 Å². The standard InChI is InChI=1S/C40H81N4O8PS/c1-5-7-9-11-13-15-17-19-21-23-26-52-32-36(44-38(45)24-22-20-18-16-14-12-10-8-6-2)33-54-34-37(41)40(47)43-35(3)39(46)42-25-27-50-28-29-51-30-31-53(4,48)49/h35-37,48-49H,4-34,41H2,1-3H3,(H,42,46)(H,43,47)(H,44,45)/t35-,36+,37-/m0/s1. The zero-order valence-corrected chi connectivity index (χ0v) is 36.1. The van der Waals surface area contributed by atoms with Crippen molar-refractivity contribution in [3.05, 3.63) is 0 Å². The third-order valence-corrected chi connectivity index (χ3v) is 11.2. The molecular weight excluding hydrogens is 728 g/mol. The van der Waals surface area contributed by atoms with Crippen LogP contribution in [0.1, 0.15) is 149 Å². The smallest absolute Gasteiger partial charge is 0.242 e. The van der Waals surface area contributed by atoms with Crippen LogP contribution < -0.4 is 21.7 Å². The maximum Gasteiger partial charge on any atom is 0.242 e. The first-order chi connectivity index (χ1) is 26.0. The number of hydrogen-bond acceptors (Lipinski definition) is 10. The molecule has 0 heterocycles. The summed E-state index contributed by atoms with van der Waals surface area (Å²) >= 11 is 1.50. The van der Waals surface area contributed by atoms with E-state index in [0.29, 0.717) is 37.7 Å². The van der Waals surface area contributed by atoms with Crippen LogP contribution in [0.25, 0.3) is 0 Å². The number of carbonyl (C=O) groups excluding carboxylic acids is 3. The molecule has 0 aromatic carbocycles. The molecule has 54 heavy (non-hydrogen) atoms. The van der Waals surface area contributed by atoms with Gasteiger partial charge in [-0.15, -0.1) is 0 Å². The fourth-order valence-electron chi connectivity index (χ4n) is 5.68. The third-order valence-electron chi connectivity index (χ3n) is 9.05. The lowest BCUT2D eigenvalue weighted by molar-refractivity contribution is -0.129. The number of carbonyl (C=O) groups is 3. The molecule has 0 bridgehead atoms. The number of nitrogens with one attached hydrogen (secondary N) is 3. The zero-order chi connectivity index (χ0) is 40.1. The summed E-state index contributed by atoms with van der Waals surface area (Å²) in [5, 5.41) is 8.56. The number of rotatable bonds is 40. The van der Waals surface area contributed by atoms with Gasteiger partial charge in [-0.05, 0) is 19.8 Å². The Morgan fingerprint density at radius 3 is 1.74 bits per heavy atom. The van der Waals surface area contributed by atoms with Crippen molar-refractivity contribution >= 4 is 43.1 Å². The van der Waals surface area contributed by atoms with Crippen molar-refractivity contribution in [3.63, 3.8) is 0 Å². The molecule has 0 rings (SSSR count). The van der Waals surface area contributed by atoms with Gasteiger partial charge in [0.25, 0.3) is 0 Å². The van der Waals surface area contributed by atoms with Gasteiger partial charge in [-0.1, -0.05) is 129 Å². The minimum absolute atomic E-state index is 0.0406. The largest absolute Gasteiger partial charge is 0.379 e. The molecule has 0 saturated heterocycles. The van der Waals surface area contributed by atoms with Crippen LogP contribution >= 0.6 is 19.1 Å². The highest BCUT2D eigenvalue weighted by Gasteiger charge is 2.21. The molecule has 0 radical (unpaired) electrons. The summed E-state index contributed by atoms with van der Waals surface area (Å²) < 4.78 is 16.7. The van der Waals surface area contributed by atoms with Crippen LogP contribution in [0.5, 0.6) is 0 Å². The Balaban J connectivity index is 4.47. The Morgan fingerprint density at radius 2 is 1.19 bits per heavy atom. The number of unbranched alkanes of at least 4 members (excludes halogenated alkanes) is 17. The van der Waals surface area contributed by atoms with Gasteiger partial charge in [-0.25, -0.2) is 0 Å². The van der Waals surface area contributed by atoms with Crippen molar-refractivity contribution in [3.8, 4) is 0 Å². The van der Waals surface area contributed by atoms with E-state index in [9.17, 15) is 24.2 Å². The fraction of sp³-hybridized carbons (Fsp3) is 0.900. The SMILES string of the molecule is C=P(O)(O)CCOCCOCCNC(=O)[C@H](C)NC(=O)[C@@H](N)CSC[C@@H](COCCCCCCCCCCCC)NC(=O)CCCCCCCCCCC. The van der Waals surface area contributed by atoms with Crippen LogP contribution in [0.4, 0.5) is 0 Å². The first-order valence-electron chi connectivity index (χ1n) is 21.1. The number of ether oxygens (including phenoxy) is 3. The van der Waals surface area contributed by atoms with Crippen LogP contribution in [0.2, 0.25) is 0 Å². The quantitative estimate of drug-likeness (QED) is 0.0304. The third kappa shape index (κ3) is 36.5. The molecule has 0 aromatic rings. The Hall–Kier alpha value is -1.18. The molecule has 3 atom stereocenters. The van der Waals surface area contributed by atoms with Gasteiger partial charge < -0.3 is 45.7 Å². The van der Waals surface area contributed by atoms with Crippen molar-refractivity contribution < 1.29 is 38.4 Å². The van der Waals surface area contributed by atoms with Gasteiger partial charge in [0.05, 0.1) is 45.1 Å². The van der Waals surface area contributed by atoms with Gasteiger partial charge >= 0.3 is 0 Å². The van der Waals surface area contributed by atoms with E-state index in [1.807, 2.05) is 0 Å². The summed E-state index contributed by atoms with van der Waals surface area (Å²) in [4.78, 5) is 56.5. The van der Waals surface area contributed by atoms with Crippen LogP contribution in [-0.2, 0) is 28.6 Å². The van der Waals surface area contributed by atoms with Crippen molar-refractivity contribution in [2.75, 3.05) is 63.9 Å². The van der Waals surface area contributed by atoms with E-state index < -0.39 is 25.3 Å². The van der Waals surface area contributed by atoms with Crippen LogP contribution in [0.3, 0.4) is 0 Å². The maximum atomic E-state index is 12.8. The molecule has 0 spiro atoms. The highest BCUT2D eigenvalue weighted by atomic mass is 32.2. The fourth-order valence-corrected chi connectivity index (χ4v) is 7.10. The summed E-state index contributed by atoms with van der Waals surface area (Å²) in [5.41, 5.74) is 6.18. The minimum atomic E-state index is -3.08. The number of hydrogen-bond donors (Lipinski definition) is 6. The number of thioether (sulfide) groups is 1. The van der Waals surface area contributed by atoms with E-state index in [2.05, 4.69) is 36.1 Å². The Kier molecular flexibility index (Phi) is 36.6. The maximum absolute atomic E-state index is 12.8. The van der Waals surface area contributed by atoms with Crippen LogP contribution in [-0.4, -0.2) is 116 Å². The molecule has 12 nitrogen and oxygen atoms in total. The molecule has 0 unspecified atom stereocenters. The van der Waals surface area contributed by atoms with Crippen molar-refractivity contribution in [1.82, 2.24) is 16.0 Å². The molecule has 14 heteroatoms. The highest BCUT2D eigenvalue weighted by molar-refractivity contribution is 7.99. The Labute approximate surface area is 333 Å². The van der Waals surface area contributed by atoms with Gasteiger partial charge in [0.2, 0.25) is 17.7 Å². The summed E-state index contributed by atoms with van der Waals surface area (Å²) in [6.07, 6.45) is 27.4. The second kappa shape index (κ2) is 37.4. The highest BCUT2D eigenvalue weighted by Crippen LogP contribution is 2.32. The average molecular weight is 809 g/mol. The van der Waals surface area contributed by atoms with E-state index in [4.69, 9.17) is 19.9 Å². The number of nitrogens with two attached hydrogens (primary N) is 1. The summed E-state index contributed by atoms with van der Waals surface area (Å²) in [6, 6.07) is -1.76. The summed E-state index contributed by atoms with van der Waals surface area (Å²) in [6.45, 7) is 8.47. The minimum Gasteiger partial charge on any atom is -0.379 e. The Morgan fingerprint density at radius 1 is 0.667 bits per heavy atom. The van der Waals surface area contributed by atoms with Gasteiger partial charge in [-0.2, -0.15) is 11.8 Å².